The number of hydrogen-bond acceptors (Lipinski definition) is 2. The van der Waals surface area contributed by atoms with Crippen LogP contribution in [0.25, 0.3) is 0 Å². The van der Waals surface area contributed by atoms with E-state index in [1.165, 1.54) is 19.3 Å². The zero-order valence-corrected chi connectivity index (χ0v) is 9.62. The van der Waals surface area contributed by atoms with Crippen molar-refractivity contribution in [2.24, 2.45) is 0 Å². The summed E-state index contributed by atoms with van der Waals surface area (Å²) in [4.78, 5) is 12.8. The predicted molar refractivity (Wildman–Crippen MR) is 58.5 cm³/mol. The number of unbranched alkanes of at least 4 members (excludes halogenated alkanes) is 3. The van der Waals surface area contributed by atoms with E-state index in [-0.39, 0.29) is 6.04 Å². The fraction of sp³-hybridized carbons (Fsp3) is 0.909. The highest BCUT2D eigenvalue weighted by atomic mass is 16.4. The summed E-state index contributed by atoms with van der Waals surface area (Å²) in [6.07, 6.45) is 5.46. The van der Waals surface area contributed by atoms with Crippen molar-refractivity contribution in [3.8, 4) is 0 Å². The van der Waals surface area contributed by atoms with E-state index in [1.54, 1.807) is 0 Å². The van der Waals surface area contributed by atoms with Gasteiger partial charge in [-0.1, -0.05) is 33.1 Å². The monoisotopic (exact) mass is 201 g/mol. The summed E-state index contributed by atoms with van der Waals surface area (Å²) >= 11 is 0. The standard InChI is InChI=1S/C11H23NO2/c1-4-6-7-8-9-12(3)10(5-2)11(13)14/h10H,4-9H2,1-3H3,(H,13,14). The van der Waals surface area contributed by atoms with Gasteiger partial charge in [-0.25, -0.2) is 0 Å². The smallest absolute Gasteiger partial charge is 0.320 e. The molecule has 0 rings (SSSR count). The van der Waals surface area contributed by atoms with E-state index in [0.29, 0.717) is 6.42 Å². The molecular formula is C11H23NO2. The summed E-state index contributed by atoms with van der Waals surface area (Å²) in [7, 11) is 1.90. The second-order valence-electron chi connectivity index (χ2n) is 3.80. The van der Waals surface area contributed by atoms with Gasteiger partial charge in [0.25, 0.3) is 0 Å². The average Bonchev–Trinajstić information content (AvgIpc) is 2.13. The Bertz CT molecular complexity index is 159. The van der Waals surface area contributed by atoms with Gasteiger partial charge in [0.15, 0.2) is 0 Å². The Labute approximate surface area is 87.1 Å². The summed E-state index contributed by atoms with van der Waals surface area (Å²) in [6, 6.07) is -0.309. The Morgan fingerprint density at radius 2 is 1.93 bits per heavy atom. The lowest BCUT2D eigenvalue weighted by Crippen LogP contribution is -2.38. The van der Waals surface area contributed by atoms with E-state index in [0.717, 1.165) is 13.0 Å². The molecule has 3 heteroatoms. The number of carbonyl (C=O) groups is 1. The molecule has 14 heavy (non-hydrogen) atoms. The van der Waals surface area contributed by atoms with Crippen LogP contribution in [0.2, 0.25) is 0 Å². The fourth-order valence-electron chi connectivity index (χ4n) is 1.62. The van der Waals surface area contributed by atoms with Gasteiger partial charge in [-0.05, 0) is 26.4 Å². The third-order valence-electron chi connectivity index (χ3n) is 2.57. The van der Waals surface area contributed by atoms with Crippen LogP contribution in [0.5, 0.6) is 0 Å². The maximum absolute atomic E-state index is 10.8. The molecule has 0 aliphatic rings. The number of likely N-dealkylation sites (N-methyl/N-ethyl adjacent to an activating group) is 1. The minimum atomic E-state index is -0.703. The Balaban J connectivity index is 3.69. The fourth-order valence-corrected chi connectivity index (χ4v) is 1.62. The molecule has 1 atom stereocenters. The molecule has 0 fully saturated rings. The zero-order valence-electron chi connectivity index (χ0n) is 9.62. The third kappa shape index (κ3) is 5.22. The molecule has 0 saturated heterocycles. The Morgan fingerprint density at radius 3 is 2.36 bits per heavy atom. The molecular weight excluding hydrogens is 178 g/mol. The van der Waals surface area contributed by atoms with Crippen molar-refractivity contribution < 1.29 is 9.90 Å². The molecule has 3 nitrogen and oxygen atoms in total. The van der Waals surface area contributed by atoms with E-state index in [1.807, 2.05) is 18.9 Å². The SMILES string of the molecule is CCCCCCN(C)C(CC)C(=O)O. The number of hydrogen-bond donors (Lipinski definition) is 1. The van der Waals surface area contributed by atoms with Gasteiger partial charge >= 0.3 is 5.97 Å². The van der Waals surface area contributed by atoms with Gasteiger partial charge in [0.2, 0.25) is 0 Å². The minimum Gasteiger partial charge on any atom is -0.480 e. The summed E-state index contributed by atoms with van der Waals surface area (Å²) in [5.74, 6) is -0.703. The summed E-state index contributed by atoms with van der Waals surface area (Å²) in [5, 5.41) is 8.90. The highest BCUT2D eigenvalue weighted by molar-refractivity contribution is 5.73. The van der Waals surface area contributed by atoms with Gasteiger partial charge < -0.3 is 5.11 Å². The first-order chi connectivity index (χ1) is 6.63. The van der Waals surface area contributed by atoms with Crippen molar-refractivity contribution >= 4 is 5.97 Å². The van der Waals surface area contributed by atoms with Crippen LogP contribution in [0.1, 0.15) is 46.0 Å². The topological polar surface area (TPSA) is 40.5 Å². The largest absolute Gasteiger partial charge is 0.480 e. The maximum Gasteiger partial charge on any atom is 0.320 e. The predicted octanol–water partition coefficient (Wildman–Crippen LogP) is 2.36. The molecule has 0 heterocycles. The van der Waals surface area contributed by atoms with Crippen molar-refractivity contribution in [1.82, 2.24) is 4.90 Å². The van der Waals surface area contributed by atoms with Gasteiger partial charge in [-0.15, -0.1) is 0 Å². The first kappa shape index (κ1) is 13.4. The van der Waals surface area contributed by atoms with Crippen LogP contribution in [-0.2, 0) is 4.79 Å². The second kappa shape index (κ2) is 7.80. The van der Waals surface area contributed by atoms with Crippen molar-refractivity contribution in [3.05, 3.63) is 0 Å². The van der Waals surface area contributed by atoms with Crippen molar-refractivity contribution in [1.29, 1.82) is 0 Å². The van der Waals surface area contributed by atoms with Crippen molar-refractivity contribution in [2.75, 3.05) is 13.6 Å². The van der Waals surface area contributed by atoms with Gasteiger partial charge in [-0.3, -0.25) is 9.69 Å². The van der Waals surface area contributed by atoms with Crippen LogP contribution < -0.4 is 0 Å². The summed E-state index contributed by atoms with van der Waals surface area (Å²) in [6.45, 7) is 4.99. The molecule has 0 aromatic heterocycles. The lowest BCUT2D eigenvalue weighted by atomic mass is 10.1. The molecule has 0 aromatic carbocycles. The average molecular weight is 201 g/mol. The molecule has 0 aromatic rings. The summed E-state index contributed by atoms with van der Waals surface area (Å²) in [5.41, 5.74) is 0. The van der Waals surface area contributed by atoms with E-state index >= 15 is 0 Å². The first-order valence-electron chi connectivity index (χ1n) is 5.56. The molecule has 84 valence electrons. The van der Waals surface area contributed by atoms with Gasteiger partial charge in [0, 0.05) is 0 Å². The van der Waals surface area contributed by atoms with Gasteiger partial charge in [-0.2, -0.15) is 0 Å². The summed E-state index contributed by atoms with van der Waals surface area (Å²) < 4.78 is 0. The minimum absolute atomic E-state index is 0.309. The zero-order chi connectivity index (χ0) is 11.0. The maximum atomic E-state index is 10.8. The first-order valence-corrected chi connectivity index (χ1v) is 5.56. The Kier molecular flexibility index (Phi) is 7.48. The number of rotatable bonds is 8. The number of aliphatic carboxylic acids is 1. The van der Waals surface area contributed by atoms with Gasteiger partial charge in [0.1, 0.15) is 6.04 Å². The van der Waals surface area contributed by atoms with E-state index < -0.39 is 5.97 Å². The third-order valence-corrected chi connectivity index (χ3v) is 2.57. The van der Waals surface area contributed by atoms with Crippen LogP contribution in [-0.4, -0.2) is 35.6 Å². The van der Waals surface area contributed by atoms with Crippen molar-refractivity contribution in [3.63, 3.8) is 0 Å². The van der Waals surface area contributed by atoms with E-state index in [9.17, 15) is 4.79 Å². The van der Waals surface area contributed by atoms with Crippen LogP contribution in [0.3, 0.4) is 0 Å². The number of carboxylic acid groups (broad SMARTS) is 1. The highest BCUT2D eigenvalue weighted by Crippen LogP contribution is 2.05. The van der Waals surface area contributed by atoms with E-state index in [4.69, 9.17) is 5.11 Å². The molecule has 0 radical (unpaired) electrons. The lowest BCUT2D eigenvalue weighted by molar-refractivity contribution is -0.142. The Hall–Kier alpha value is -0.570. The Morgan fingerprint density at radius 1 is 1.29 bits per heavy atom. The van der Waals surface area contributed by atoms with Crippen LogP contribution in [0.4, 0.5) is 0 Å². The molecule has 1 N–H and O–H groups in total. The molecule has 0 spiro atoms. The van der Waals surface area contributed by atoms with E-state index in [2.05, 4.69) is 6.92 Å². The molecule has 1 unspecified atom stereocenters. The quantitative estimate of drug-likeness (QED) is 0.613. The highest BCUT2D eigenvalue weighted by Gasteiger charge is 2.19. The molecule has 0 amide bonds. The molecule has 0 aliphatic heterocycles. The second-order valence-corrected chi connectivity index (χ2v) is 3.80. The normalized spacial score (nSPS) is 13.1. The number of carboxylic acids is 1. The van der Waals surface area contributed by atoms with Crippen LogP contribution >= 0.6 is 0 Å². The number of nitrogens with zero attached hydrogens (tertiary/aromatic N) is 1. The molecule has 0 saturated carbocycles. The van der Waals surface area contributed by atoms with Crippen LogP contribution in [0, 0.1) is 0 Å². The lowest BCUT2D eigenvalue weighted by Gasteiger charge is -2.23. The molecule has 0 bridgehead atoms. The van der Waals surface area contributed by atoms with Crippen molar-refractivity contribution in [2.45, 2.75) is 52.0 Å². The molecule has 0 aliphatic carbocycles. The van der Waals surface area contributed by atoms with Crippen LogP contribution in [0.15, 0.2) is 0 Å². The van der Waals surface area contributed by atoms with Gasteiger partial charge in [0.05, 0.1) is 0 Å².